The van der Waals surface area contributed by atoms with E-state index >= 15 is 0 Å². The lowest BCUT2D eigenvalue weighted by Gasteiger charge is -2.17. The van der Waals surface area contributed by atoms with Crippen molar-refractivity contribution in [3.05, 3.63) is 60.2 Å². The lowest BCUT2D eigenvalue weighted by Crippen LogP contribution is -2.36. The summed E-state index contributed by atoms with van der Waals surface area (Å²) in [7, 11) is 0. The minimum absolute atomic E-state index is 0.0910. The summed E-state index contributed by atoms with van der Waals surface area (Å²) in [6.45, 7) is 0.822. The van der Waals surface area contributed by atoms with Crippen LogP contribution < -0.4 is 15.0 Å². The second-order valence-corrected chi connectivity index (χ2v) is 5.62. The van der Waals surface area contributed by atoms with Crippen LogP contribution in [0.1, 0.15) is 12.0 Å². The Kier molecular flexibility index (Phi) is 4.65. The third kappa shape index (κ3) is 3.84. The van der Waals surface area contributed by atoms with Crippen LogP contribution in [0.25, 0.3) is 0 Å². The molecule has 24 heavy (non-hydrogen) atoms. The van der Waals surface area contributed by atoms with Crippen LogP contribution in [0.5, 0.6) is 5.75 Å². The quantitative estimate of drug-likeness (QED) is 0.885. The van der Waals surface area contributed by atoms with Crippen molar-refractivity contribution in [1.29, 1.82) is 0 Å². The molecule has 2 aromatic rings. The van der Waals surface area contributed by atoms with Gasteiger partial charge in [-0.3, -0.25) is 4.79 Å². The van der Waals surface area contributed by atoms with Crippen molar-refractivity contribution < 1.29 is 19.4 Å². The second kappa shape index (κ2) is 7.04. The number of carboxylic acid groups (broad SMARTS) is 1. The maximum Gasteiger partial charge on any atom is 0.404 e. The summed E-state index contributed by atoms with van der Waals surface area (Å²) in [5.74, 6) is 0.626. The number of benzene rings is 2. The van der Waals surface area contributed by atoms with Crippen LogP contribution in [0.3, 0.4) is 0 Å². The van der Waals surface area contributed by atoms with E-state index in [0.717, 1.165) is 17.0 Å². The van der Waals surface area contributed by atoms with E-state index in [2.05, 4.69) is 5.32 Å². The Morgan fingerprint density at radius 2 is 1.88 bits per heavy atom. The highest BCUT2D eigenvalue weighted by molar-refractivity contribution is 5.96. The highest BCUT2D eigenvalue weighted by Crippen LogP contribution is 2.24. The first kappa shape index (κ1) is 15.9. The number of nitrogens with zero attached hydrogens (tertiary/aromatic N) is 1. The molecule has 0 aromatic heterocycles. The molecule has 1 aliphatic rings. The minimum atomic E-state index is -1.11. The standard InChI is InChI=1S/C18H18N2O4/c21-17-10-14(19-18(22)23)11-20(17)15-6-8-16(9-7-15)24-12-13-4-2-1-3-5-13/h1-9,14,19H,10-12H2,(H,22,23). The molecule has 0 radical (unpaired) electrons. The van der Waals surface area contributed by atoms with Gasteiger partial charge in [-0.2, -0.15) is 0 Å². The van der Waals surface area contributed by atoms with E-state index in [9.17, 15) is 9.59 Å². The molecular weight excluding hydrogens is 308 g/mol. The molecule has 1 aliphatic heterocycles. The molecule has 0 aliphatic carbocycles. The smallest absolute Gasteiger partial charge is 0.404 e. The fourth-order valence-corrected chi connectivity index (χ4v) is 2.69. The zero-order chi connectivity index (χ0) is 16.9. The van der Waals surface area contributed by atoms with Gasteiger partial charge in [-0.15, -0.1) is 0 Å². The number of amides is 2. The van der Waals surface area contributed by atoms with Gasteiger partial charge >= 0.3 is 6.09 Å². The van der Waals surface area contributed by atoms with Gasteiger partial charge < -0.3 is 20.1 Å². The molecule has 124 valence electrons. The highest BCUT2D eigenvalue weighted by atomic mass is 16.5. The molecular formula is C18H18N2O4. The van der Waals surface area contributed by atoms with E-state index in [1.165, 1.54) is 0 Å². The third-order valence-electron chi connectivity index (χ3n) is 3.85. The molecule has 1 atom stereocenters. The second-order valence-electron chi connectivity index (χ2n) is 5.62. The minimum Gasteiger partial charge on any atom is -0.489 e. The van der Waals surface area contributed by atoms with Gasteiger partial charge in [0.1, 0.15) is 12.4 Å². The maximum absolute atomic E-state index is 12.0. The van der Waals surface area contributed by atoms with Crippen molar-refractivity contribution in [2.45, 2.75) is 19.1 Å². The van der Waals surface area contributed by atoms with Crippen LogP contribution in [0, 0.1) is 0 Å². The first-order valence-corrected chi connectivity index (χ1v) is 7.68. The Labute approximate surface area is 139 Å². The van der Waals surface area contributed by atoms with E-state index in [4.69, 9.17) is 9.84 Å². The number of rotatable bonds is 5. The van der Waals surface area contributed by atoms with Crippen molar-refractivity contribution in [2.75, 3.05) is 11.4 Å². The van der Waals surface area contributed by atoms with Gasteiger partial charge in [0.05, 0.1) is 6.04 Å². The summed E-state index contributed by atoms with van der Waals surface area (Å²) in [6, 6.07) is 16.7. The molecule has 1 saturated heterocycles. The lowest BCUT2D eigenvalue weighted by atomic mass is 10.2. The Balaban J connectivity index is 1.60. The predicted octanol–water partition coefficient (Wildman–Crippen LogP) is 2.64. The lowest BCUT2D eigenvalue weighted by molar-refractivity contribution is -0.117. The van der Waals surface area contributed by atoms with Crippen LogP contribution >= 0.6 is 0 Å². The number of carbonyl (C=O) groups excluding carboxylic acids is 1. The fourth-order valence-electron chi connectivity index (χ4n) is 2.69. The molecule has 2 amide bonds. The van der Waals surface area contributed by atoms with Gasteiger partial charge in [0.2, 0.25) is 5.91 Å². The van der Waals surface area contributed by atoms with Crippen LogP contribution in [-0.4, -0.2) is 29.7 Å². The Bertz CT molecular complexity index is 716. The van der Waals surface area contributed by atoms with Gasteiger partial charge in [0.15, 0.2) is 0 Å². The number of hydrogen-bond donors (Lipinski definition) is 2. The van der Waals surface area contributed by atoms with E-state index < -0.39 is 6.09 Å². The van der Waals surface area contributed by atoms with Crippen molar-refractivity contribution >= 4 is 17.7 Å². The first-order valence-electron chi connectivity index (χ1n) is 7.68. The summed E-state index contributed by atoms with van der Waals surface area (Å²) >= 11 is 0. The van der Waals surface area contributed by atoms with Crippen molar-refractivity contribution in [2.24, 2.45) is 0 Å². The molecule has 2 aromatic carbocycles. The number of ether oxygens (including phenoxy) is 1. The van der Waals surface area contributed by atoms with Crippen LogP contribution in [0.4, 0.5) is 10.5 Å². The number of nitrogens with one attached hydrogen (secondary N) is 1. The zero-order valence-corrected chi connectivity index (χ0v) is 13.0. The van der Waals surface area contributed by atoms with Crippen molar-refractivity contribution in [3.8, 4) is 5.75 Å². The first-order chi connectivity index (χ1) is 11.6. The molecule has 2 N–H and O–H groups in total. The Hall–Kier alpha value is -3.02. The predicted molar refractivity (Wildman–Crippen MR) is 89.1 cm³/mol. The van der Waals surface area contributed by atoms with Crippen LogP contribution in [0.15, 0.2) is 54.6 Å². The molecule has 0 spiro atoms. The van der Waals surface area contributed by atoms with E-state index in [0.29, 0.717) is 13.2 Å². The molecule has 3 rings (SSSR count). The van der Waals surface area contributed by atoms with Gasteiger partial charge in [-0.05, 0) is 29.8 Å². The molecule has 0 saturated carbocycles. The zero-order valence-electron chi connectivity index (χ0n) is 13.0. The van der Waals surface area contributed by atoms with Crippen molar-refractivity contribution in [3.63, 3.8) is 0 Å². The van der Waals surface area contributed by atoms with E-state index in [-0.39, 0.29) is 18.4 Å². The van der Waals surface area contributed by atoms with Crippen molar-refractivity contribution in [1.82, 2.24) is 5.32 Å². The van der Waals surface area contributed by atoms with Gasteiger partial charge in [-0.25, -0.2) is 4.79 Å². The molecule has 1 unspecified atom stereocenters. The Morgan fingerprint density at radius 3 is 2.54 bits per heavy atom. The molecule has 6 heteroatoms. The van der Waals surface area contributed by atoms with E-state index in [1.54, 1.807) is 17.0 Å². The maximum atomic E-state index is 12.0. The largest absolute Gasteiger partial charge is 0.489 e. The fraction of sp³-hybridized carbons (Fsp3) is 0.222. The number of anilines is 1. The van der Waals surface area contributed by atoms with Gasteiger partial charge in [0, 0.05) is 18.7 Å². The summed E-state index contributed by atoms with van der Waals surface area (Å²) in [5, 5.41) is 11.1. The molecule has 0 bridgehead atoms. The SMILES string of the molecule is O=C(O)NC1CC(=O)N(c2ccc(OCc3ccccc3)cc2)C1. The molecule has 1 fully saturated rings. The van der Waals surface area contributed by atoms with Crippen LogP contribution in [-0.2, 0) is 11.4 Å². The monoisotopic (exact) mass is 326 g/mol. The van der Waals surface area contributed by atoms with Gasteiger partial charge in [-0.1, -0.05) is 30.3 Å². The third-order valence-corrected chi connectivity index (χ3v) is 3.85. The normalized spacial score (nSPS) is 16.9. The summed E-state index contributed by atoms with van der Waals surface area (Å²) in [6.07, 6.45) is -0.933. The molecule has 6 nitrogen and oxygen atoms in total. The number of hydrogen-bond acceptors (Lipinski definition) is 3. The summed E-state index contributed by atoms with van der Waals surface area (Å²) in [5.41, 5.74) is 1.82. The topological polar surface area (TPSA) is 78.9 Å². The highest BCUT2D eigenvalue weighted by Gasteiger charge is 2.31. The summed E-state index contributed by atoms with van der Waals surface area (Å²) in [4.78, 5) is 24.3. The average Bonchev–Trinajstić information content (AvgIpc) is 2.94. The summed E-state index contributed by atoms with van der Waals surface area (Å²) < 4.78 is 5.72. The van der Waals surface area contributed by atoms with Gasteiger partial charge in [0.25, 0.3) is 0 Å². The van der Waals surface area contributed by atoms with E-state index in [1.807, 2.05) is 42.5 Å². The molecule has 1 heterocycles. The van der Waals surface area contributed by atoms with Crippen LogP contribution in [0.2, 0.25) is 0 Å². The average molecular weight is 326 g/mol. The Morgan fingerprint density at radius 1 is 1.17 bits per heavy atom. The number of carbonyl (C=O) groups is 2.